The summed E-state index contributed by atoms with van der Waals surface area (Å²) in [5.74, 6) is 1.90. The molecular formula is C13H19NO4. The summed E-state index contributed by atoms with van der Waals surface area (Å²) < 4.78 is 21.7. The van der Waals surface area contributed by atoms with Gasteiger partial charge in [0, 0.05) is 6.54 Å². The Kier molecular flexibility index (Phi) is 3.93. The van der Waals surface area contributed by atoms with Crippen LogP contribution >= 0.6 is 0 Å². The van der Waals surface area contributed by atoms with E-state index in [4.69, 9.17) is 18.9 Å². The molecule has 0 saturated carbocycles. The fourth-order valence-electron chi connectivity index (χ4n) is 2.10. The molecule has 1 aliphatic rings. The molecule has 1 saturated heterocycles. The van der Waals surface area contributed by atoms with Crippen LogP contribution in [0.25, 0.3) is 0 Å². The highest BCUT2D eigenvalue weighted by Gasteiger charge is 2.25. The third kappa shape index (κ3) is 2.37. The van der Waals surface area contributed by atoms with Crippen LogP contribution in [0, 0.1) is 0 Å². The molecule has 1 N–H and O–H groups in total. The molecule has 0 bridgehead atoms. The number of rotatable bonds is 4. The number of hydrogen-bond donors (Lipinski definition) is 1. The van der Waals surface area contributed by atoms with Gasteiger partial charge in [-0.3, -0.25) is 5.32 Å². The Hall–Kier alpha value is -1.46. The van der Waals surface area contributed by atoms with Gasteiger partial charge in [-0.1, -0.05) is 0 Å². The van der Waals surface area contributed by atoms with E-state index in [0.717, 1.165) is 12.1 Å². The largest absolute Gasteiger partial charge is 0.493 e. The fourth-order valence-corrected chi connectivity index (χ4v) is 2.10. The maximum atomic E-state index is 5.76. The van der Waals surface area contributed by atoms with Crippen molar-refractivity contribution in [3.8, 4) is 17.2 Å². The number of benzene rings is 1. The van der Waals surface area contributed by atoms with Crippen LogP contribution in [-0.4, -0.2) is 34.1 Å². The first kappa shape index (κ1) is 13.0. The van der Waals surface area contributed by atoms with Gasteiger partial charge in [-0.25, -0.2) is 0 Å². The predicted octanol–water partition coefficient (Wildman–Crippen LogP) is 1.72. The molecule has 100 valence electrons. The summed E-state index contributed by atoms with van der Waals surface area (Å²) in [5, 5.41) is 3.24. The molecule has 1 heterocycles. The molecule has 1 fully saturated rings. The van der Waals surface area contributed by atoms with E-state index in [2.05, 4.69) is 5.32 Å². The van der Waals surface area contributed by atoms with Crippen molar-refractivity contribution in [1.82, 2.24) is 5.32 Å². The summed E-state index contributed by atoms with van der Waals surface area (Å²) in [4.78, 5) is 0. The zero-order chi connectivity index (χ0) is 13.1. The molecule has 18 heavy (non-hydrogen) atoms. The second kappa shape index (κ2) is 5.46. The van der Waals surface area contributed by atoms with Crippen LogP contribution in [0.2, 0.25) is 0 Å². The van der Waals surface area contributed by atoms with Crippen molar-refractivity contribution in [3.63, 3.8) is 0 Å². The topological polar surface area (TPSA) is 49.0 Å². The fraction of sp³-hybridized carbons (Fsp3) is 0.538. The summed E-state index contributed by atoms with van der Waals surface area (Å²) in [6, 6.07) is 3.84. The van der Waals surface area contributed by atoms with Gasteiger partial charge in [-0.2, -0.15) is 0 Å². The van der Waals surface area contributed by atoms with Crippen LogP contribution in [0.5, 0.6) is 17.2 Å². The maximum absolute atomic E-state index is 5.76. The lowest BCUT2D eigenvalue weighted by Crippen LogP contribution is -2.17. The van der Waals surface area contributed by atoms with Gasteiger partial charge in [-0.05, 0) is 24.6 Å². The molecule has 0 aliphatic carbocycles. The van der Waals surface area contributed by atoms with E-state index < -0.39 is 0 Å². The summed E-state index contributed by atoms with van der Waals surface area (Å²) in [6.07, 6.45) is 0.0720. The number of nitrogens with one attached hydrogen (secondary N) is 1. The summed E-state index contributed by atoms with van der Waals surface area (Å²) in [5.41, 5.74) is 1.02. The number of ether oxygens (including phenoxy) is 4. The second-order valence-corrected chi connectivity index (χ2v) is 4.13. The third-order valence-electron chi connectivity index (χ3n) is 3.02. The molecule has 0 amide bonds. The van der Waals surface area contributed by atoms with Crippen molar-refractivity contribution in [3.05, 3.63) is 17.7 Å². The average molecular weight is 253 g/mol. The average Bonchev–Trinajstić information content (AvgIpc) is 2.83. The van der Waals surface area contributed by atoms with E-state index in [1.54, 1.807) is 21.3 Å². The predicted molar refractivity (Wildman–Crippen MR) is 67.4 cm³/mol. The highest BCUT2D eigenvalue weighted by molar-refractivity contribution is 5.54. The molecule has 0 spiro atoms. The SMILES string of the molecule is COc1cc(C2CNC(C)O2)cc(OC)c1OC. The zero-order valence-corrected chi connectivity index (χ0v) is 11.1. The van der Waals surface area contributed by atoms with E-state index >= 15 is 0 Å². The van der Waals surface area contributed by atoms with E-state index in [-0.39, 0.29) is 12.3 Å². The smallest absolute Gasteiger partial charge is 0.203 e. The molecule has 5 nitrogen and oxygen atoms in total. The van der Waals surface area contributed by atoms with E-state index in [1.807, 2.05) is 19.1 Å². The normalized spacial score (nSPS) is 22.9. The first-order valence-electron chi connectivity index (χ1n) is 5.88. The molecule has 2 rings (SSSR count). The van der Waals surface area contributed by atoms with Gasteiger partial charge in [-0.15, -0.1) is 0 Å². The van der Waals surface area contributed by atoms with Gasteiger partial charge in [0.05, 0.1) is 27.4 Å². The molecule has 5 heteroatoms. The minimum Gasteiger partial charge on any atom is -0.493 e. The quantitative estimate of drug-likeness (QED) is 0.885. The summed E-state index contributed by atoms with van der Waals surface area (Å²) >= 11 is 0. The van der Waals surface area contributed by atoms with E-state index in [9.17, 15) is 0 Å². The van der Waals surface area contributed by atoms with E-state index in [1.165, 1.54) is 0 Å². The molecule has 1 aromatic carbocycles. The molecule has 2 unspecified atom stereocenters. The van der Waals surface area contributed by atoms with Crippen LogP contribution < -0.4 is 19.5 Å². The van der Waals surface area contributed by atoms with Crippen molar-refractivity contribution < 1.29 is 18.9 Å². The molecule has 1 aliphatic heterocycles. The van der Waals surface area contributed by atoms with Gasteiger partial charge < -0.3 is 18.9 Å². The highest BCUT2D eigenvalue weighted by atomic mass is 16.5. The van der Waals surface area contributed by atoms with Crippen LogP contribution in [0.4, 0.5) is 0 Å². The van der Waals surface area contributed by atoms with Gasteiger partial charge in [0.2, 0.25) is 5.75 Å². The van der Waals surface area contributed by atoms with Crippen LogP contribution in [0.1, 0.15) is 18.6 Å². The van der Waals surface area contributed by atoms with Crippen LogP contribution in [-0.2, 0) is 4.74 Å². The van der Waals surface area contributed by atoms with Crippen molar-refractivity contribution in [2.45, 2.75) is 19.3 Å². The zero-order valence-electron chi connectivity index (χ0n) is 11.1. The Bertz CT molecular complexity index is 396. The third-order valence-corrected chi connectivity index (χ3v) is 3.02. The minimum atomic E-state index is 0.00806. The van der Waals surface area contributed by atoms with Crippen molar-refractivity contribution in [1.29, 1.82) is 0 Å². The van der Waals surface area contributed by atoms with Gasteiger partial charge in [0.15, 0.2) is 11.5 Å². The summed E-state index contributed by atoms with van der Waals surface area (Å²) in [6.45, 7) is 2.76. The Labute approximate surface area is 107 Å². The lowest BCUT2D eigenvalue weighted by Gasteiger charge is -2.16. The van der Waals surface area contributed by atoms with Crippen molar-refractivity contribution in [2.75, 3.05) is 27.9 Å². The van der Waals surface area contributed by atoms with E-state index in [0.29, 0.717) is 17.2 Å². The molecule has 0 radical (unpaired) electrons. The first-order valence-corrected chi connectivity index (χ1v) is 5.88. The summed E-state index contributed by atoms with van der Waals surface area (Å²) in [7, 11) is 4.81. The van der Waals surface area contributed by atoms with Gasteiger partial charge >= 0.3 is 0 Å². The van der Waals surface area contributed by atoms with Crippen molar-refractivity contribution in [2.24, 2.45) is 0 Å². The number of methoxy groups -OCH3 is 3. The Morgan fingerprint density at radius 2 is 1.72 bits per heavy atom. The first-order chi connectivity index (χ1) is 8.69. The van der Waals surface area contributed by atoms with Crippen molar-refractivity contribution >= 4 is 0 Å². The minimum absolute atomic E-state index is 0.00806. The molecular weight excluding hydrogens is 234 g/mol. The lowest BCUT2D eigenvalue weighted by atomic mass is 10.1. The Morgan fingerprint density at radius 3 is 2.11 bits per heavy atom. The van der Waals surface area contributed by atoms with Gasteiger partial charge in [0.25, 0.3) is 0 Å². The number of hydrogen-bond acceptors (Lipinski definition) is 5. The van der Waals surface area contributed by atoms with Crippen LogP contribution in [0.15, 0.2) is 12.1 Å². The second-order valence-electron chi connectivity index (χ2n) is 4.13. The standard InChI is InChI=1S/C13H19NO4/c1-8-14-7-12(18-8)9-5-10(15-2)13(17-4)11(6-9)16-3/h5-6,8,12,14H,7H2,1-4H3. The van der Waals surface area contributed by atoms with Crippen LogP contribution in [0.3, 0.4) is 0 Å². The molecule has 2 atom stereocenters. The molecule has 0 aromatic heterocycles. The Balaban J connectivity index is 2.37. The highest BCUT2D eigenvalue weighted by Crippen LogP contribution is 2.40. The molecule has 1 aromatic rings. The Morgan fingerprint density at radius 1 is 1.11 bits per heavy atom. The lowest BCUT2D eigenvalue weighted by molar-refractivity contribution is 0.0526. The maximum Gasteiger partial charge on any atom is 0.203 e. The van der Waals surface area contributed by atoms with Gasteiger partial charge in [0.1, 0.15) is 6.23 Å². The monoisotopic (exact) mass is 253 g/mol.